The summed E-state index contributed by atoms with van der Waals surface area (Å²) in [6, 6.07) is 17.6. The van der Waals surface area contributed by atoms with E-state index in [9.17, 15) is 9.59 Å². The summed E-state index contributed by atoms with van der Waals surface area (Å²) in [5.41, 5.74) is 3.29. The maximum Gasteiger partial charge on any atom is 0.238 e. The Hall–Kier alpha value is -2.98. The summed E-state index contributed by atoms with van der Waals surface area (Å²) in [6.07, 6.45) is 4.52. The molecule has 1 aromatic heterocycles. The highest BCUT2D eigenvalue weighted by Crippen LogP contribution is 2.42. The lowest BCUT2D eigenvalue weighted by Gasteiger charge is -2.18. The number of hydrogen-bond donors (Lipinski definition) is 0. The van der Waals surface area contributed by atoms with Crippen molar-refractivity contribution >= 4 is 40.0 Å². The van der Waals surface area contributed by atoms with Crippen LogP contribution in [0.5, 0.6) is 0 Å². The van der Waals surface area contributed by atoms with Gasteiger partial charge < -0.3 is 0 Å². The number of imide groups is 1. The fourth-order valence-corrected chi connectivity index (χ4v) is 4.53. The average Bonchev–Trinajstić information content (AvgIpc) is 2.97. The average molecular weight is 389 g/mol. The third-order valence-corrected chi connectivity index (χ3v) is 5.95. The highest BCUT2D eigenvalue weighted by molar-refractivity contribution is 6.31. The van der Waals surface area contributed by atoms with Crippen molar-refractivity contribution in [1.82, 2.24) is 4.98 Å². The third-order valence-electron chi connectivity index (χ3n) is 5.64. The molecule has 2 aromatic carbocycles. The second kappa shape index (κ2) is 6.57. The van der Waals surface area contributed by atoms with E-state index in [0.717, 1.165) is 16.5 Å². The minimum atomic E-state index is -0.377. The van der Waals surface area contributed by atoms with Gasteiger partial charge in [-0.15, -0.1) is 0 Å². The number of benzene rings is 2. The zero-order chi connectivity index (χ0) is 19.3. The molecule has 138 valence electrons. The minimum absolute atomic E-state index is 0.158. The van der Waals surface area contributed by atoms with Crippen molar-refractivity contribution in [1.29, 1.82) is 0 Å². The smallest absolute Gasteiger partial charge is 0.238 e. The summed E-state index contributed by atoms with van der Waals surface area (Å²) in [4.78, 5) is 32.0. The van der Waals surface area contributed by atoms with Gasteiger partial charge in [-0.2, -0.15) is 0 Å². The lowest BCUT2D eigenvalue weighted by Crippen LogP contribution is -2.31. The van der Waals surface area contributed by atoms with Crippen LogP contribution in [0.4, 0.5) is 5.69 Å². The molecule has 2 amide bonds. The van der Waals surface area contributed by atoms with Crippen molar-refractivity contribution in [3.05, 3.63) is 71.9 Å². The van der Waals surface area contributed by atoms with Crippen LogP contribution < -0.4 is 4.90 Å². The van der Waals surface area contributed by atoms with E-state index in [1.165, 1.54) is 4.90 Å². The van der Waals surface area contributed by atoms with Gasteiger partial charge >= 0.3 is 0 Å². The molecule has 0 bridgehead atoms. The number of fused-ring (bicyclic) bond motifs is 2. The lowest BCUT2D eigenvalue weighted by atomic mass is 9.85. The van der Waals surface area contributed by atoms with Crippen LogP contribution >= 0.6 is 11.6 Å². The lowest BCUT2D eigenvalue weighted by molar-refractivity contribution is -0.122. The van der Waals surface area contributed by atoms with Gasteiger partial charge in [0, 0.05) is 16.6 Å². The van der Waals surface area contributed by atoms with E-state index in [2.05, 4.69) is 4.98 Å². The van der Waals surface area contributed by atoms with Gasteiger partial charge in [0.2, 0.25) is 11.8 Å². The summed E-state index contributed by atoms with van der Waals surface area (Å²) >= 11 is 6.14. The maximum atomic E-state index is 13.1. The Morgan fingerprint density at radius 2 is 1.71 bits per heavy atom. The Kier molecular flexibility index (Phi) is 4.02. The number of pyridine rings is 1. The molecule has 0 saturated carbocycles. The van der Waals surface area contributed by atoms with Gasteiger partial charge in [0.05, 0.1) is 23.0 Å². The van der Waals surface area contributed by atoms with Crippen LogP contribution in [-0.2, 0) is 9.59 Å². The van der Waals surface area contributed by atoms with Crippen molar-refractivity contribution in [3.63, 3.8) is 0 Å². The fourth-order valence-electron chi connectivity index (χ4n) is 4.28. The number of nitrogens with zero attached hydrogens (tertiary/aromatic N) is 2. The maximum absolute atomic E-state index is 13.1. The van der Waals surface area contributed by atoms with Crippen LogP contribution in [0.1, 0.15) is 12.8 Å². The predicted octanol–water partition coefficient (Wildman–Crippen LogP) is 4.92. The summed E-state index contributed by atoms with van der Waals surface area (Å²) in [7, 11) is 0. The van der Waals surface area contributed by atoms with Gasteiger partial charge in [0.1, 0.15) is 0 Å². The number of carbonyl (C=O) groups excluding carboxylic acids is 2. The molecule has 5 rings (SSSR count). The first-order valence-corrected chi connectivity index (χ1v) is 9.68. The van der Waals surface area contributed by atoms with Crippen LogP contribution in [0.2, 0.25) is 0 Å². The number of para-hydroxylation sites is 1. The van der Waals surface area contributed by atoms with Gasteiger partial charge in [-0.25, -0.2) is 4.90 Å². The van der Waals surface area contributed by atoms with Crippen molar-refractivity contribution < 1.29 is 9.59 Å². The molecule has 2 aliphatic rings. The van der Waals surface area contributed by atoms with E-state index in [1.54, 1.807) is 12.3 Å². The molecule has 3 aromatic rings. The number of halogens is 1. The molecule has 28 heavy (non-hydrogen) atoms. The minimum Gasteiger partial charge on any atom is -0.274 e. The topological polar surface area (TPSA) is 50.3 Å². The van der Waals surface area contributed by atoms with Gasteiger partial charge in [-0.1, -0.05) is 60.1 Å². The Balaban J connectivity index is 1.65. The molecule has 1 aliphatic heterocycles. The Morgan fingerprint density at radius 3 is 2.54 bits per heavy atom. The standard InChI is InChI=1S/C23H17ClN2O2/c24-15-9-10-18-19(13-15)23(28)26(22(18)27)20-8-4-7-17-16(11-12-25-21(17)20)14-5-2-1-3-6-14/h1-9,11-12,18-19H,10,13H2/t18-,19+/m0/s1. The number of allylic oxidation sites excluding steroid dienone is 2. The molecule has 0 spiro atoms. The number of hydrogen-bond acceptors (Lipinski definition) is 3. The number of aromatic nitrogens is 1. The van der Waals surface area contributed by atoms with Crippen molar-refractivity contribution in [2.24, 2.45) is 11.8 Å². The van der Waals surface area contributed by atoms with Gasteiger partial charge in [-0.05, 0) is 36.1 Å². The second-order valence-electron chi connectivity index (χ2n) is 7.21. The van der Waals surface area contributed by atoms with Crippen LogP contribution in [0.25, 0.3) is 22.0 Å². The van der Waals surface area contributed by atoms with Crippen molar-refractivity contribution in [2.45, 2.75) is 12.8 Å². The first-order chi connectivity index (χ1) is 13.6. The van der Waals surface area contributed by atoms with Crippen LogP contribution in [-0.4, -0.2) is 16.8 Å². The van der Waals surface area contributed by atoms with Crippen molar-refractivity contribution in [3.8, 4) is 11.1 Å². The normalized spacial score (nSPS) is 21.8. The molecular formula is C23H17ClN2O2. The number of carbonyl (C=O) groups is 2. The zero-order valence-electron chi connectivity index (χ0n) is 15.0. The van der Waals surface area contributed by atoms with E-state index in [4.69, 9.17) is 11.6 Å². The molecule has 0 unspecified atom stereocenters. The summed E-state index contributed by atoms with van der Waals surface area (Å²) in [6.45, 7) is 0. The first-order valence-electron chi connectivity index (χ1n) is 9.30. The molecule has 5 heteroatoms. The van der Waals surface area contributed by atoms with Crippen LogP contribution in [0.15, 0.2) is 71.9 Å². The SMILES string of the molecule is O=C1[C@H]2CC=C(Cl)C[C@H]2C(=O)N1c1cccc2c(-c3ccccc3)ccnc12. The highest BCUT2D eigenvalue weighted by Gasteiger charge is 2.49. The monoisotopic (exact) mass is 388 g/mol. The van der Waals surface area contributed by atoms with E-state index in [0.29, 0.717) is 29.1 Å². The fraction of sp³-hybridized carbons (Fsp3) is 0.174. The number of amides is 2. The van der Waals surface area contributed by atoms with Crippen LogP contribution in [0, 0.1) is 11.8 Å². The summed E-state index contributed by atoms with van der Waals surface area (Å²) in [5.74, 6) is -1.05. The first kappa shape index (κ1) is 17.1. The molecule has 1 aliphatic carbocycles. The molecule has 2 atom stereocenters. The largest absolute Gasteiger partial charge is 0.274 e. The van der Waals surface area contributed by atoms with Gasteiger partial charge in [0.25, 0.3) is 0 Å². The Bertz CT molecular complexity index is 1140. The number of anilines is 1. The molecule has 1 saturated heterocycles. The third kappa shape index (κ3) is 2.56. The molecule has 0 N–H and O–H groups in total. The Labute approximate surface area is 167 Å². The second-order valence-corrected chi connectivity index (χ2v) is 7.70. The molecule has 1 fully saturated rings. The Morgan fingerprint density at radius 1 is 0.929 bits per heavy atom. The quantitative estimate of drug-likeness (QED) is 0.585. The molecular weight excluding hydrogens is 372 g/mol. The van der Waals surface area contributed by atoms with Crippen molar-refractivity contribution in [2.75, 3.05) is 4.90 Å². The van der Waals surface area contributed by atoms with E-state index in [-0.39, 0.29) is 23.7 Å². The van der Waals surface area contributed by atoms with E-state index >= 15 is 0 Å². The summed E-state index contributed by atoms with van der Waals surface area (Å²) in [5, 5.41) is 1.57. The van der Waals surface area contributed by atoms with E-state index in [1.807, 2.05) is 54.6 Å². The molecule has 0 radical (unpaired) electrons. The van der Waals surface area contributed by atoms with Gasteiger partial charge in [0.15, 0.2) is 0 Å². The predicted molar refractivity (Wildman–Crippen MR) is 110 cm³/mol. The van der Waals surface area contributed by atoms with Gasteiger partial charge in [-0.3, -0.25) is 14.6 Å². The highest BCUT2D eigenvalue weighted by atomic mass is 35.5. The van der Waals surface area contributed by atoms with E-state index < -0.39 is 0 Å². The van der Waals surface area contributed by atoms with Crippen LogP contribution in [0.3, 0.4) is 0 Å². The number of rotatable bonds is 2. The zero-order valence-corrected chi connectivity index (χ0v) is 15.8. The molecule has 2 heterocycles. The molecule has 4 nitrogen and oxygen atoms in total. The summed E-state index contributed by atoms with van der Waals surface area (Å²) < 4.78 is 0.